The van der Waals surface area contributed by atoms with Gasteiger partial charge < -0.3 is 10.6 Å². The molecular formula is C18H21BrN4O5S. The van der Waals surface area contributed by atoms with Crippen molar-refractivity contribution in [2.45, 2.75) is 31.7 Å². The summed E-state index contributed by atoms with van der Waals surface area (Å²) in [5.74, 6) is -0.400. The first-order chi connectivity index (χ1) is 13.5. The van der Waals surface area contributed by atoms with Crippen molar-refractivity contribution < 1.29 is 18.1 Å². The highest BCUT2D eigenvalue weighted by molar-refractivity contribution is 9.10. The van der Waals surface area contributed by atoms with E-state index in [2.05, 4.69) is 31.3 Å². The minimum absolute atomic E-state index is 0.0428. The van der Waals surface area contributed by atoms with Crippen LogP contribution in [0.3, 0.4) is 0 Å². The number of nitrogens with zero attached hydrogens (tertiary/aromatic N) is 1. The van der Waals surface area contributed by atoms with Crippen molar-refractivity contribution in [1.29, 1.82) is 0 Å². The lowest BCUT2D eigenvalue weighted by molar-refractivity contribution is -0.384. The Balaban J connectivity index is 2.16. The molecular weight excluding hydrogens is 464 g/mol. The van der Waals surface area contributed by atoms with Gasteiger partial charge >= 0.3 is 0 Å². The van der Waals surface area contributed by atoms with Crippen molar-refractivity contribution >= 4 is 48.9 Å². The second kappa shape index (κ2) is 9.33. The zero-order valence-electron chi connectivity index (χ0n) is 16.0. The van der Waals surface area contributed by atoms with E-state index < -0.39 is 26.5 Å². The molecule has 2 rings (SSSR count). The maximum Gasteiger partial charge on any atom is 0.293 e. The van der Waals surface area contributed by atoms with Gasteiger partial charge in [-0.05, 0) is 56.7 Å². The fourth-order valence-corrected chi connectivity index (χ4v) is 4.24. The topological polar surface area (TPSA) is 130 Å². The first-order valence-corrected chi connectivity index (χ1v) is 10.9. The Kier molecular flexibility index (Phi) is 7.33. The summed E-state index contributed by atoms with van der Waals surface area (Å²) in [4.78, 5) is 22.6. The molecule has 0 bridgehead atoms. The van der Waals surface area contributed by atoms with Gasteiger partial charge in [0.2, 0.25) is 15.9 Å². The number of hydrogen-bond acceptors (Lipinski definition) is 6. The van der Waals surface area contributed by atoms with E-state index in [0.717, 1.165) is 16.1 Å². The number of benzene rings is 2. The number of aryl methyl sites for hydroxylation is 1. The molecule has 0 heterocycles. The van der Waals surface area contributed by atoms with E-state index in [9.17, 15) is 23.3 Å². The molecule has 0 radical (unpaired) electrons. The second-order valence-corrected chi connectivity index (χ2v) is 9.20. The Hall–Kier alpha value is -2.50. The first kappa shape index (κ1) is 22.8. The molecule has 0 atom stereocenters. The molecule has 2 aromatic carbocycles. The molecule has 29 heavy (non-hydrogen) atoms. The highest BCUT2D eigenvalue weighted by Crippen LogP contribution is 2.27. The molecule has 1 amide bonds. The average Bonchev–Trinajstić information content (AvgIpc) is 2.61. The minimum Gasteiger partial charge on any atom is -0.371 e. The maximum absolute atomic E-state index is 12.2. The van der Waals surface area contributed by atoms with Crippen molar-refractivity contribution in [2.75, 3.05) is 17.2 Å². The standard InChI is InChI=1S/C18H21BrN4O5S/c1-11(2)22-29(27,28)14-5-7-16(17(9-14)23(25)26)20-10-18(24)21-15-6-4-13(19)8-12(15)3/h4-9,11,20,22H,10H2,1-3H3,(H,21,24). The third-order valence-electron chi connectivity index (χ3n) is 3.77. The van der Waals surface area contributed by atoms with Gasteiger partial charge in [-0.2, -0.15) is 0 Å². The van der Waals surface area contributed by atoms with Crippen molar-refractivity contribution in [1.82, 2.24) is 4.72 Å². The van der Waals surface area contributed by atoms with Gasteiger partial charge in [-0.15, -0.1) is 0 Å². The fraction of sp³-hybridized carbons (Fsp3) is 0.278. The van der Waals surface area contributed by atoms with E-state index in [0.29, 0.717) is 5.69 Å². The zero-order chi connectivity index (χ0) is 21.8. The van der Waals surface area contributed by atoms with Gasteiger partial charge in [-0.3, -0.25) is 14.9 Å². The number of nitro benzene ring substituents is 1. The predicted octanol–water partition coefficient (Wildman–Crippen LogP) is 3.40. The number of amides is 1. The van der Waals surface area contributed by atoms with Gasteiger partial charge in [0.05, 0.1) is 16.4 Å². The van der Waals surface area contributed by atoms with Crippen molar-refractivity contribution in [2.24, 2.45) is 0 Å². The number of rotatable bonds is 8. The number of carbonyl (C=O) groups excluding carboxylic acids is 1. The number of nitrogens with one attached hydrogen (secondary N) is 3. The van der Waals surface area contributed by atoms with Crippen LogP contribution in [0.4, 0.5) is 17.1 Å². The van der Waals surface area contributed by atoms with E-state index in [4.69, 9.17) is 0 Å². The molecule has 11 heteroatoms. The van der Waals surface area contributed by atoms with Crippen LogP contribution < -0.4 is 15.4 Å². The maximum atomic E-state index is 12.2. The SMILES string of the molecule is Cc1cc(Br)ccc1NC(=O)CNc1ccc(S(=O)(=O)NC(C)C)cc1[N+](=O)[O-]. The zero-order valence-corrected chi connectivity index (χ0v) is 18.4. The van der Waals surface area contributed by atoms with Gasteiger partial charge in [-0.25, -0.2) is 13.1 Å². The molecule has 0 saturated carbocycles. The monoisotopic (exact) mass is 484 g/mol. The Labute approximate surface area is 177 Å². The quantitative estimate of drug-likeness (QED) is 0.388. The average molecular weight is 485 g/mol. The molecule has 0 aromatic heterocycles. The summed E-state index contributed by atoms with van der Waals surface area (Å²) in [6.07, 6.45) is 0. The molecule has 0 saturated heterocycles. The number of hydrogen-bond donors (Lipinski definition) is 3. The molecule has 0 spiro atoms. The molecule has 0 aliphatic rings. The van der Waals surface area contributed by atoms with Crippen molar-refractivity contribution in [3.05, 3.63) is 56.5 Å². The number of carbonyl (C=O) groups is 1. The smallest absolute Gasteiger partial charge is 0.293 e. The Morgan fingerprint density at radius 2 is 1.83 bits per heavy atom. The lowest BCUT2D eigenvalue weighted by Crippen LogP contribution is -2.30. The number of sulfonamides is 1. The lowest BCUT2D eigenvalue weighted by Gasteiger charge is -2.12. The fourth-order valence-electron chi connectivity index (χ4n) is 2.49. The summed E-state index contributed by atoms with van der Waals surface area (Å²) in [5, 5.41) is 16.8. The van der Waals surface area contributed by atoms with Crippen LogP contribution in [0.15, 0.2) is 45.8 Å². The van der Waals surface area contributed by atoms with Crippen LogP contribution >= 0.6 is 15.9 Å². The molecule has 3 N–H and O–H groups in total. The van der Waals surface area contributed by atoms with Gasteiger partial charge in [0.1, 0.15) is 5.69 Å². The predicted molar refractivity (Wildman–Crippen MR) is 115 cm³/mol. The van der Waals surface area contributed by atoms with E-state index in [1.807, 2.05) is 13.0 Å². The van der Waals surface area contributed by atoms with E-state index in [1.54, 1.807) is 26.0 Å². The Bertz CT molecular complexity index is 1040. The molecule has 2 aromatic rings. The molecule has 0 aliphatic heterocycles. The van der Waals surface area contributed by atoms with Gasteiger partial charge in [0, 0.05) is 22.3 Å². The summed E-state index contributed by atoms with van der Waals surface area (Å²) < 4.78 is 27.7. The third-order valence-corrected chi connectivity index (χ3v) is 5.92. The van der Waals surface area contributed by atoms with Gasteiger partial charge in [0.15, 0.2) is 0 Å². The summed E-state index contributed by atoms with van der Waals surface area (Å²) in [7, 11) is -3.88. The Morgan fingerprint density at radius 1 is 1.17 bits per heavy atom. The molecule has 0 unspecified atom stereocenters. The van der Waals surface area contributed by atoms with Crippen LogP contribution in [-0.2, 0) is 14.8 Å². The lowest BCUT2D eigenvalue weighted by atomic mass is 10.2. The van der Waals surface area contributed by atoms with Crippen LogP contribution in [0.1, 0.15) is 19.4 Å². The first-order valence-electron chi connectivity index (χ1n) is 8.60. The third kappa shape index (κ3) is 6.24. The number of anilines is 2. The van der Waals surface area contributed by atoms with E-state index >= 15 is 0 Å². The van der Waals surface area contributed by atoms with E-state index in [-0.39, 0.29) is 23.2 Å². The van der Waals surface area contributed by atoms with E-state index in [1.165, 1.54) is 12.1 Å². The Morgan fingerprint density at radius 3 is 2.41 bits per heavy atom. The minimum atomic E-state index is -3.88. The van der Waals surface area contributed by atoms with Gasteiger partial charge in [0.25, 0.3) is 5.69 Å². The van der Waals surface area contributed by atoms with Gasteiger partial charge in [-0.1, -0.05) is 15.9 Å². The summed E-state index contributed by atoms with van der Waals surface area (Å²) in [6.45, 7) is 4.90. The van der Waals surface area contributed by atoms with Crippen LogP contribution in [0.25, 0.3) is 0 Å². The van der Waals surface area contributed by atoms with Crippen LogP contribution in [0.2, 0.25) is 0 Å². The highest BCUT2D eigenvalue weighted by atomic mass is 79.9. The molecule has 0 aliphatic carbocycles. The summed E-state index contributed by atoms with van der Waals surface area (Å²) >= 11 is 3.34. The van der Waals surface area contributed by atoms with Crippen LogP contribution in [0.5, 0.6) is 0 Å². The van der Waals surface area contributed by atoms with Crippen molar-refractivity contribution in [3.8, 4) is 0 Å². The normalized spacial score (nSPS) is 11.3. The van der Waals surface area contributed by atoms with Crippen LogP contribution in [-0.4, -0.2) is 31.8 Å². The summed E-state index contributed by atoms with van der Waals surface area (Å²) in [6, 6.07) is 8.49. The summed E-state index contributed by atoms with van der Waals surface area (Å²) in [5.41, 5.74) is 1.08. The second-order valence-electron chi connectivity index (χ2n) is 6.57. The molecule has 0 fully saturated rings. The molecule has 9 nitrogen and oxygen atoms in total. The molecule has 156 valence electrons. The van der Waals surface area contributed by atoms with Crippen LogP contribution in [0, 0.1) is 17.0 Å². The van der Waals surface area contributed by atoms with Crippen molar-refractivity contribution in [3.63, 3.8) is 0 Å². The largest absolute Gasteiger partial charge is 0.371 e. The number of nitro groups is 1. The highest BCUT2D eigenvalue weighted by Gasteiger charge is 2.22. The number of halogens is 1.